The molecule has 1 aromatic carbocycles. The Bertz CT molecular complexity index is 545. The number of rotatable bonds is 3. The van der Waals surface area contributed by atoms with Crippen LogP contribution in [0.3, 0.4) is 0 Å². The van der Waals surface area contributed by atoms with E-state index in [-0.39, 0.29) is 17.5 Å². The summed E-state index contributed by atoms with van der Waals surface area (Å²) in [4.78, 5) is 17.0. The number of halogens is 2. The Kier molecular flexibility index (Phi) is 4.99. The van der Waals surface area contributed by atoms with Crippen molar-refractivity contribution >= 4 is 17.5 Å². The second kappa shape index (κ2) is 6.97. The van der Waals surface area contributed by atoms with Crippen LogP contribution in [0.2, 0.25) is 5.02 Å². The number of carbonyl (C=O) groups is 1. The van der Waals surface area contributed by atoms with E-state index in [1.54, 1.807) is 0 Å². The molecule has 1 amide bonds. The molecule has 1 atom stereocenters. The largest absolute Gasteiger partial charge is 0.334 e. The Labute approximate surface area is 136 Å². The third-order valence-corrected chi connectivity index (χ3v) is 4.95. The maximum Gasteiger partial charge on any atom is 0.257 e. The summed E-state index contributed by atoms with van der Waals surface area (Å²) in [6.45, 7) is 3.85. The van der Waals surface area contributed by atoms with Crippen molar-refractivity contribution in [2.45, 2.75) is 38.1 Å². The van der Waals surface area contributed by atoms with Crippen LogP contribution in [0, 0.1) is 5.82 Å². The molecule has 0 spiro atoms. The van der Waals surface area contributed by atoms with E-state index in [4.69, 9.17) is 11.6 Å². The number of hydrogen-bond acceptors (Lipinski definition) is 2. The van der Waals surface area contributed by atoms with Crippen LogP contribution in [0.1, 0.15) is 42.5 Å². The van der Waals surface area contributed by atoms with Crippen molar-refractivity contribution in [3.8, 4) is 0 Å². The average molecular weight is 325 g/mol. The number of carbonyl (C=O) groups excluding carboxylic acids is 1. The van der Waals surface area contributed by atoms with Crippen LogP contribution in [-0.2, 0) is 0 Å². The van der Waals surface area contributed by atoms with Gasteiger partial charge in [0.1, 0.15) is 5.82 Å². The smallest absolute Gasteiger partial charge is 0.257 e. The summed E-state index contributed by atoms with van der Waals surface area (Å²) in [5.74, 6) is -0.705. The Morgan fingerprint density at radius 3 is 2.68 bits per heavy atom. The Balaban J connectivity index is 1.77. The van der Waals surface area contributed by atoms with Crippen LogP contribution in [-0.4, -0.2) is 47.9 Å². The summed E-state index contributed by atoms with van der Waals surface area (Å²) in [6.07, 6.45) is 5.61. The number of hydrogen-bond donors (Lipinski definition) is 0. The monoisotopic (exact) mass is 324 g/mol. The van der Waals surface area contributed by atoms with Gasteiger partial charge in [0, 0.05) is 24.2 Å². The molecule has 2 aliphatic rings. The molecule has 2 aliphatic heterocycles. The summed E-state index contributed by atoms with van der Waals surface area (Å²) < 4.78 is 14.0. The van der Waals surface area contributed by atoms with E-state index >= 15 is 0 Å². The molecule has 0 bridgehead atoms. The molecule has 0 aromatic heterocycles. The molecule has 1 aromatic rings. The van der Waals surface area contributed by atoms with Gasteiger partial charge in [-0.25, -0.2) is 4.39 Å². The van der Waals surface area contributed by atoms with Crippen molar-refractivity contribution in [1.29, 1.82) is 0 Å². The zero-order valence-electron chi connectivity index (χ0n) is 12.7. The standard InChI is InChI=1S/C17H22ClFN2O/c18-13-6-7-16(19)15(11-13)17(22)21-10-2-1-5-14(21)12-20-8-3-4-9-20/h6-7,11,14H,1-5,8-10,12H2/t14-/m1/s1. The van der Waals surface area contributed by atoms with Gasteiger partial charge in [-0.05, 0) is 63.4 Å². The summed E-state index contributed by atoms with van der Waals surface area (Å²) in [6, 6.07) is 4.39. The molecule has 3 rings (SSSR count). The van der Waals surface area contributed by atoms with Crippen molar-refractivity contribution in [1.82, 2.24) is 9.80 Å². The molecule has 3 nitrogen and oxygen atoms in total. The number of amides is 1. The maximum absolute atomic E-state index is 14.0. The van der Waals surface area contributed by atoms with Gasteiger partial charge in [0.25, 0.3) is 5.91 Å². The van der Waals surface area contributed by atoms with E-state index in [2.05, 4.69) is 4.90 Å². The normalized spacial score (nSPS) is 23.0. The Morgan fingerprint density at radius 1 is 1.18 bits per heavy atom. The maximum atomic E-state index is 14.0. The predicted octanol–water partition coefficient (Wildman–Crippen LogP) is 3.57. The van der Waals surface area contributed by atoms with E-state index < -0.39 is 5.82 Å². The van der Waals surface area contributed by atoms with Crippen molar-refractivity contribution < 1.29 is 9.18 Å². The SMILES string of the molecule is O=C(c1cc(Cl)ccc1F)N1CCCC[C@@H]1CN1CCCC1. The minimum absolute atomic E-state index is 0.0980. The lowest BCUT2D eigenvalue weighted by Crippen LogP contribution is -2.49. The Hall–Kier alpha value is -1.13. The topological polar surface area (TPSA) is 23.6 Å². The van der Waals surface area contributed by atoms with Gasteiger partial charge in [-0.1, -0.05) is 11.6 Å². The molecule has 22 heavy (non-hydrogen) atoms. The molecule has 0 saturated carbocycles. The van der Waals surface area contributed by atoms with Gasteiger partial charge in [-0.15, -0.1) is 0 Å². The molecular formula is C17H22ClFN2O. The third-order valence-electron chi connectivity index (χ3n) is 4.71. The summed E-state index contributed by atoms with van der Waals surface area (Å²) in [7, 11) is 0. The van der Waals surface area contributed by atoms with Gasteiger partial charge in [-0.3, -0.25) is 4.79 Å². The number of piperidine rings is 1. The van der Waals surface area contributed by atoms with Gasteiger partial charge in [0.05, 0.1) is 5.56 Å². The first-order valence-electron chi connectivity index (χ1n) is 8.13. The minimum Gasteiger partial charge on any atom is -0.334 e. The first-order valence-corrected chi connectivity index (χ1v) is 8.51. The second-order valence-corrected chi connectivity index (χ2v) is 6.72. The van der Waals surface area contributed by atoms with Gasteiger partial charge < -0.3 is 9.80 Å². The lowest BCUT2D eigenvalue weighted by Gasteiger charge is -2.38. The quantitative estimate of drug-likeness (QED) is 0.848. The van der Waals surface area contributed by atoms with Crippen LogP contribution in [0.15, 0.2) is 18.2 Å². The summed E-state index contributed by atoms with van der Waals surface area (Å²) in [5.41, 5.74) is 0.0980. The summed E-state index contributed by atoms with van der Waals surface area (Å²) in [5, 5.41) is 0.401. The second-order valence-electron chi connectivity index (χ2n) is 6.28. The fourth-order valence-electron chi connectivity index (χ4n) is 3.54. The molecule has 120 valence electrons. The number of benzene rings is 1. The van der Waals surface area contributed by atoms with Crippen LogP contribution in [0.4, 0.5) is 4.39 Å². The van der Waals surface area contributed by atoms with Gasteiger partial charge in [0.2, 0.25) is 0 Å². The van der Waals surface area contributed by atoms with Gasteiger partial charge in [-0.2, -0.15) is 0 Å². The highest BCUT2D eigenvalue weighted by Crippen LogP contribution is 2.24. The highest BCUT2D eigenvalue weighted by Gasteiger charge is 2.30. The van der Waals surface area contributed by atoms with Crippen LogP contribution in [0.25, 0.3) is 0 Å². The van der Waals surface area contributed by atoms with E-state index in [9.17, 15) is 9.18 Å². The van der Waals surface area contributed by atoms with E-state index in [0.717, 1.165) is 38.9 Å². The number of nitrogens with zero attached hydrogens (tertiary/aromatic N) is 2. The fraction of sp³-hybridized carbons (Fsp3) is 0.588. The molecule has 2 fully saturated rings. The predicted molar refractivity (Wildman–Crippen MR) is 85.8 cm³/mol. The third kappa shape index (κ3) is 3.44. The van der Waals surface area contributed by atoms with Crippen LogP contribution >= 0.6 is 11.6 Å². The highest BCUT2D eigenvalue weighted by atomic mass is 35.5. The van der Waals surface area contributed by atoms with E-state index in [1.165, 1.54) is 31.0 Å². The zero-order chi connectivity index (χ0) is 15.5. The van der Waals surface area contributed by atoms with Crippen LogP contribution in [0.5, 0.6) is 0 Å². The molecule has 2 saturated heterocycles. The van der Waals surface area contributed by atoms with Crippen molar-refractivity contribution in [3.63, 3.8) is 0 Å². The first-order chi connectivity index (χ1) is 10.6. The lowest BCUT2D eigenvalue weighted by molar-refractivity contribution is 0.0556. The zero-order valence-corrected chi connectivity index (χ0v) is 13.5. The van der Waals surface area contributed by atoms with E-state index in [1.807, 2.05) is 4.90 Å². The molecule has 0 unspecified atom stereocenters. The first kappa shape index (κ1) is 15.8. The van der Waals surface area contributed by atoms with Crippen molar-refractivity contribution in [2.75, 3.05) is 26.2 Å². The molecule has 0 aliphatic carbocycles. The van der Waals surface area contributed by atoms with Crippen LogP contribution < -0.4 is 0 Å². The molecule has 0 N–H and O–H groups in total. The van der Waals surface area contributed by atoms with Crippen molar-refractivity contribution in [2.24, 2.45) is 0 Å². The minimum atomic E-state index is -0.486. The average Bonchev–Trinajstić information content (AvgIpc) is 3.02. The molecule has 2 heterocycles. The van der Waals surface area contributed by atoms with Gasteiger partial charge >= 0.3 is 0 Å². The van der Waals surface area contributed by atoms with Gasteiger partial charge in [0.15, 0.2) is 0 Å². The number of likely N-dealkylation sites (tertiary alicyclic amines) is 2. The fourth-order valence-corrected chi connectivity index (χ4v) is 3.71. The van der Waals surface area contributed by atoms with Crippen molar-refractivity contribution in [3.05, 3.63) is 34.6 Å². The Morgan fingerprint density at radius 2 is 1.91 bits per heavy atom. The molecule has 5 heteroatoms. The molecule has 0 radical (unpaired) electrons. The molecular weight excluding hydrogens is 303 g/mol. The summed E-state index contributed by atoms with van der Waals surface area (Å²) >= 11 is 5.93. The van der Waals surface area contributed by atoms with E-state index in [0.29, 0.717) is 11.6 Å². The highest BCUT2D eigenvalue weighted by molar-refractivity contribution is 6.31. The lowest BCUT2D eigenvalue weighted by atomic mass is 10.00.